The molecule has 6 nitrogen and oxygen atoms in total. The predicted octanol–water partition coefficient (Wildman–Crippen LogP) is 11.6. The Morgan fingerprint density at radius 1 is 0.431 bits per heavy atom. The van der Waals surface area contributed by atoms with Gasteiger partial charge in [0, 0.05) is 38.2 Å². The number of hydrogen-bond acceptors (Lipinski definition) is 5. The van der Waals surface area contributed by atoms with Crippen LogP contribution in [0.4, 0.5) is 0 Å². The summed E-state index contributed by atoms with van der Waals surface area (Å²) < 4.78 is 15.4. The van der Waals surface area contributed by atoms with Crippen LogP contribution in [-0.4, -0.2) is 19.5 Å². The van der Waals surface area contributed by atoms with E-state index in [-0.39, 0.29) is 0 Å². The summed E-state index contributed by atoms with van der Waals surface area (Å²) in [7, 11) is 0. The molecule has 6 heteroatoms. The highest BCUT2D eigenvalue weighted by Gasteiger charge is 2.25. The third-order valence-electron chi connectivity index (χ3n) is 9.83. The van der Waals surface area contributed by atoms with E-state index in [1.165, 1.54) is 5.39 Å². The van der Waals surface area contributed by atoms with E-state index in [4.69, 9.17) is 24.1 Å². The molecule has 0 amide bonds. The summed E-state index contributed by atoms with van der Waals surface area (Å²) in [4.78, 5) is 15.0. The Labute approximate surface area is 291 Å². The maximum atomic E-state index is 6.59. The van der Waals surface area contributed by atoms with Crippen molar-refractivity contribution in [2.24, 2.45) is 0 Å². The van der Waals surface area contributed by atoms with Gasteiger partial charge in [-0.3, -0.25) is 0 Å². The van der Waals surface area contributed by atoms with Crippen molar-refractivity contribution in [3.8, 4) is 62.5 Å². The van der Waals surface area contributed by atoms with Crippen LogP contribution in [0, 0.1) is 0 Å². The normalized spacial score (nSPS) is 12.1. The zero-order chi connectivity index (χ0) is 33.5. The lowest BCUT2D eigenvalue weighted by Gasteiger charge is -2.21. The number of ether oxygens (including phenoxy) is 1. The van der Waals surface area contributed by atoms with Gasteiger partial charge >= 0.3 is 0 Å². The van der Waals surface area contributed by atoms with Crippen molar-refractivity contribution in [2.75, 3.05) is 0 Å². The van der Waals surface area contributed by atoms with Gasteiger partial charge in [0.1, 0.15) is 11.2 Å². The van der Waals surface area contributed by atoms with Gasteiger partial charge in [-0.2, -0.15) is 0 Å². The number of fused-ring (bicyclic) bond motifs is 8. The van der Waals surface area contributed by atoms with Crippen LogP contribution in [0.5, 0.6) is 11.5 Å². The summed E-state index contributed by atoms with van der Waals surface area (Å²) in [6.07, 6.45) is 0. The Balaban J connectivity index is 1.13. The zero-order valence-electron chi connectivity index (χ0n) is 27.1. The molecule has 238 valence electrons. The standard InChI is InChI=1S/C45H26N4O2/c1-3-12-27(13-4-1)43-46-44(28-14-5-2-6-15-28)48-45(47-43)32-17-11-21-39-41(32)34-24-29(22-23-37(34)50-39)30-25-33-31-16-7-8-18-35(31)49-36-19-9-10-20-38(36)51-40(26-30)42(33)49/h1-26H. The fourth-order valence-corrected chi connectivity index (χ4v) is 7.52. The van der Waals surface area contributed by atoms with Crippen LogP contribution < -0.4 is 4.74 Å². The van der Waals surface area contributed by atoms with Crippen molar-refractivity contribution in [3.63, 3.8) is 0 Å². The third-order valence-corrected chi connectivity index (χ3v) is 9.83. The largest absolute Gasteiger partial charge is 0.456 e. The second-order valence-corrected chi connectivity index (χ2v) is 12.8. The van der Waals surface area contributed by atoms with Crippen molar-refractivity contribution in [3.05, 3.63) is 158 Å². The van der Waals surface area contributed by atoms with Gasteiger partial charge in [-0.25, -0.2) is 15.0 Å². The molecule has 10 aromatic rings. The van der Waals surface area contributed by atoms with Crippen LogP contribution in [0.25, 0.3) is 94.7 Å². The van der Waals surface area contributed by atoms with Crippen molar-refractivity contribution in [1.29, 1.82) is 0 Å². The Hall–Kier alpha value is -7.05. The topological polar surface area (TPSA) is 66.0 Å². The monoisotopic (exact) mass is 654 g/mol. The van der Waals surface area contributed by atoms with Crippen molar-refractivity contribution in [1.82, 2.24) is 19.5 Å². The van der Waals surface area contributed by atoms with Gasteiger partial charge in [-0.05, 0) is 59.7 Å². The predicted molar refractivity (Wildman–Crippen MR) is 203 cm³/mol. The molecule has 0 fully saturated rings. The highest BCUT2D eigenvalue weighted by atomic mass is 16.5. The first-order chi connectivity index (χ1) is 25.3. The summed E-state index contributed by atoms with van der Waals surface area (Å²) in [6, 6.07) is 53.8. The lowest BCUT2D eigenvalue weighted by molar-refractivity contribution is 0.476. The average molecular weight is 655 g/mol. The third kappa shape index (κ3) is 4.26. The number of aromatic nitrogens is 4. The van der Waals surface area contributed by atoms with E-state index in [1.807, 2.05) is 84.9 Å². The van der Waals surface area contributed by atoms with E-state index in [0.29, 0.717) is 17.5 Å². The van der Waals surface area contributed by atoms with Crippen LogP contribution in [0.15, 0.2) is 162 Å². The molecular weight excluding hydrogens is 629 g/mol. The van der Waals surface area contributed by atoms with Crippen LogP contribution >= 0.6 is 0 Å². The molecule has 1 aliphatic heterocycles. The summed E-state index contributed by atoms with van der Waals surface area (Å²) in [5.74, 6) is 3.50. The van der Waals surface area contributed by atoms with E-state index in [0.717, 1.165) is 83.4 Å². The molecule has 0 N–H and O–H groups in total. The van der Waals surface area contributed by atoms with E-state index < -0.39 is 0 Å². The maximum absolute atomic E-state index is 6.59. The highest BCUT2D eigenvalue weighted by molar-refractivity contribution is 6.15. The fourth-order valence-electron chi connectivity index (χ4n) is 7.52. The van der Waals surface area contributed by atoms with E-state index in [9.17, 15) is 0 Å². The molecule has 0 atom stereocenters. The minimum absolute atomic E-state index is 0.590. The lowest BCUT2D eigenvalue weighted by atomic mass is 9.98. The maximum Gasteiger partial charge on any atom is 0.164 e. The van der Waals surface area contributed by atoms with Crippen LogP contribution in [0.2, 0.25) is 0 Å². The van der Waals surface area contributed by atoms with Gasteiger partial charge in [0.15, 0.2) is 29.0 Å². The van der Waals surface area contributed by atoms with Crippen molar-refractivity contribution < 1.29 is 9.15 Å². The molecule has 0 radical (unpaired) electrons. The first-order valence-electron chi connectivity index (χ1n) is 16.9. The molecule has 0 saturated carbocycles. The first-order valence-corrected chi connectivity index (χ1v) is 16.9. The quantitative estimate of drug-likeness (QED) is 0.189. The summed E-state index contributed by atoms with van der Waals surface area (Å²) in [5.41, 5.74) is 9.71. The SMILES string of the molecule is c1ccc(-c2nc(-c3ccccc3)nc(-c3cccc4oc5ccc(-c6cc7c8c(c6)c6ccccc6n8-c6ccccc6O7)cc5c34)n2)cc1. The van der Waals surface area contributed by atoms with Gasteiger partial charge < -0.3 is 13.7 Å². The van der Waals surface area contributed by atoms with Gasteiger partial charge in [0.05, 0.1) is 16.7 Å². The molecule has 7 aromatic carbocycles. The Morgan fingerprint density at radius 2 is 1.12 bits per heavy atom. The number of hydrogen-bond donors (Lipinski definition) is 0. The Morgan fingerprint density at radius 3 is 1.92 bits per heavy atom. The molecule has 0 aliphatic carbocycles. The second kappa shape index (κ2) is 10.7. The van der Waals surface area contributed by atoms with Gasteiger partial charge in [-0.15, -0.1) is 0 Å². The molecule has 11 rings (SSSR count). The average Bonchev–Trinajstić information content (AvgIpc) is 3.75. The number of furan rings is 1. The molecule has 0 spiro atoms. The summed E-state index contributed by atoms with van der Waals surface area (Å²) >= 11 is 0. The van der Waals surface area contributed by atoms with Crippen LogP contribution in [0.3, 0.4) is 0 Å². The Kier molecular flexibility index (Phi) is 5.86. The van der Waals surface area contributed by atoms with Crippen LogP contribution in [-0.2, 0) is 0 Å². The number of para-hydroxylation sites is 3. The Bertz CT molecular complexity index is 2940. The molecule has 3 aromatic heterocycles. The van der Waals surface area contributed by atoms with Crippen LogP contribution in [0.1, 0.15) is 0 Å². The zero-order valence-corrected chi connectivity index (χ0v) is 27.1. The van der Waals surface area contributed by atoms with E-state index in [2.05, 4.69) is 77.4 Å². The van der Waals surface area contributed by atoms with Gasteiger partial charge in [-0.1, -0.05) is 109 Å². The summed E-state index contributed by atoms with van der Waals surface area (Å²) in [6.45, 7) is 0. The fraction of sp³-hybridized carbons (Fsp3) is 0. The highest BCUT2D eigenvalue weighted by Crippen LogP contribution is 2.47. The molecule has 51 heavy (non-hydrogen) atoms. The minimum atomic E-state index is 0.590. The second-order valence-electron chi connectivity index (χ2n) is 12.8. The first kappa shape index (κ1) is 27.9. The summed E-state index contributed by atoms with van der Waals surface area (Å²) in [5, 5.41) is 4.29. The molecule has 0 saturated heterocycles. The molecule has 0 bridgehead atoms. The van der Waals surface area contributed by atoms with Gasteiger partial charge in [0.25, 0.3) is 0 Å². The van der Waals surface area contributed by atoms with Gasteiger partial charge in [0.2, 0.25) is 0 Å². The van der Waals surface area contributed by atoms with E-state index in [1.54, 1.807) is 0 Å². The molecule has 4 heterocycles. The number of rotatable bonds is 4. The lowest BCUT2D eigenvalue weighted by Crippen LogP contribution is -2.03. The van der Waals surface area contributed by atoms with E-state index >= 15 is 0 Å². The minimum Gasteiger partial charge on any atom is -0.456 e. The molecule has 0 unspecified atom stereocenters. The smallest absolute Gasteiger partial charge is 0.164 e. The van der Waals surface area contributed by atoms with Crippen molar-refractivity contribution >= 4 is 43.7 Å². The number of benzene rings is 7. The van der Waals surface area contributed by atoms with Crippen molar-refractivity contribution in [2.45, 2.75) is 0 Å². The molecular formula is C45H26N4O2. The molecule has 1 aliphatic rings. The number of nitrogens with zero attached hydrogens (tertiary/aromatic N) is 4.